The van der Waals surface area contributed by atoms with E-state index >= 15 is 0 Å². The zero-order valence-corrected chi connectivity index (χ0v) is 12.3. The van der Waals surface area contributed by atoms with Gasteiger partial charge in [0, 0.05) is 12.4 Å². The van der Waals surface area contributed by atoms with Gasteiger partial charge in [-0.2, -0.15) is 0 Å². The van der Waals surface area contributed by atoms with Gasteiger partial charge in [0.05, 0.1) is 0 Å². The summed E-state index contributed by atoms with van der Waals surface area (Å²) in [7, 11) is 0. The summed E-state index contributed by atoms with van der Waals surface area (Å²) in [4.78, 5) is 8.94. The summed E-state index contributed by atoms with van der Waals surface area (Å²) in [5.74, 6) is 0.801. The van der Waals surface area contributed by atoms with Gasteiger partial charge in [0.15, 0.2) is 5.84 Å². The fourth-order valence-electron chi connectivity index (χ4n) is 0.883. The molecule has 0 atom stereocenters. The molecule has 0 saturated carbocycles. The summed E-state index contributed by atoms with van der Waals surface area (Å²) < 4.78 is 0. The van der Waals surface area contributed by atoms with E-state index in [1.165, 1.54) is 5.57 Å². The minimum atomic E-state index is 0.125. The van der Waals surface area contributed by atoms with Gasteiger partial charge >= 0.3 is 0 Å². The van der Waals surface area contributed by atoms with Crippen LogP contribution >= 0.6 is 0 Å². The topological polar surface area (TPSA) is 24.7 Å². The Morgan fingerprint density at radius 3 is 2.18 bits per heavy atom. The van der Waals surface area contributed by atoms with Gasteiger partial charge in [-0.05, 0) is 45.1 Å². The van der Waals surface area contributed by atoms with Crippen LogP contribution in [-0.2, 0) is 0 Å². The summed E-state index contributed by atoms with van der Waals surface area (Å²) in [6.45, 7) is 14.6. The zero-order valence-electron chi connectivity index (χ0n) is 12.3. The summed E-state index contributed by atoms with van der Waals surface area (Å²) >= 11 is 0. The van der Waals surface area contributed by atoms with Gasteiger partial charge in [-0.15, -0.1) is 0 Å². The minimum absolute atomic E-state index is 0.125. The molecule has 0 rings (SSSR count). The first-order valence-corrected chi connectivity index (χ1v) is 6.22. The van der Waals surface area contributed by atoms with E-state index in [1.54, 1.807) is 0 Å². The third-order valence-corrected chi connectivity index (χ3v) is 2.68. The average molecular weight is 234 g/mol. The molecule has 2 nitrogen and oxygen atoms in total. The van der Waals surface area contributed by atoms with E-state index in [0.29, 0.717) is 0 Å². The second kappa shape index (κ2) is 7.21. The van der Waals surface area contributed by atoms with Crippen LogP contribution in [-0.4, -0.2) is 12.1 Å². The first-order chi connectivity index (χ1) is 7.82. The van der Waals surface area contributed by atoms with E-state index in [4.69, 9.17) is 0 Å². The molecule has 0 aromatic rings. The van der Waals surface area contributed by atoms with Crippen LogP contribution in [0.2, 0.25) is 0 Å². The molecule has 0 bridgehead atoms. The minimum Gasteiger partial charge on any atom is -0.241 e. The number of hydrogen-bond donors (Lipinski definition) is 0. The van der Waals surface area contributed by atoms with E-state index in [9.17, 15) is 0 Å². The predicted molar refractivity (Wildman–Crippen MR) is 78.9 cm³/mol. The number of nitrogens with zero attached hydrogens (tertiary/aromatic N) is 2. The second-order valence-electron chi connectivity index (χ2n) is 5.23. The van der Waals surface area contributed by atoms with E-state index < -0.39 is 0 Å². The van der Waals surface area contributed by atoms with Crippen molar-refractivity contribution < 1.29 is 0 Å². The fourth-order valence-corrected chi connectivity index (χ4v) is 0.883. The van der Waals surface area contributed by atoms with Crippen molar-refractivity contribution in [2.24, 2.45) is 15.4 Å². The van der Waals surface area contributed by atoms with Crippen molar-refractivity contribution in [3.8, 4) is 0 Å². The van der Waals surface area contributed by atoms with Crippen molar-refractivity contribution in [3.05, 3.63) is 23.4 Å². The lowest BCUT2D eigenvalue weighted by Crippen LogP contribution is -2.12. The molecule has 0 aromatic heterocycles. The van der Waals surface area contributed by atoms with Crippen molar-refractivity contribution in [3.63, 3.8) is 0 Å². The Balaban J connectivity index is 5.11. The molecular formula is C15H26N2. The molecule has 2 heteroatoms. The first kappa shape index (κ1) is 15.8. The summed E-state index contributed by atoms with van der Waals surface area (Å²) in [5, 5.41) is 0. The molecule has 0 aliphatic rings. The first-order valence-electron chi connectivity index (χ1n) is 6.22. The van der Waals surface area contributed by atoms with Crippen LogP contribution in [0, 0.1) is 5.41 Å². The molecule has 0 spiro atoms. The number of allylic oxidation sites excluding steroid dienone is 2. The molecule has 0 fully saturated rings. The summed E-state index contributed by atoms with van der Waals surface area (Å²) in [5.41, 5.74) is 2.40. The van der Waals surface area contributed by atoms with Gasteiger partial charge in [0.25, 0.3) is 0 Å². The highest BCUT2D eigenvalue weighted by molar-refractivity contribution is 6.02. The van der Waals surface area contributed by atoms with Gasteiger partial charge in [0.2, 0.25) is 0 Å². The Hall–Kier alpha value is -1.18. The lowest BCUT2D eigenvalue weighted by molar-refractivity contribution is 0.516. The highest BCUT2D eigenvalue weighted by atomic mass is 14.9. The highest BCUT2D eigenvalue weighted by Gasteiger charge is 2.11. The van der Waals surface area contributed by atoms with Crippen LogP contribution < -0.4 is 0 Å². The molecule has 0 aliphatic heterocycles. The standard InChI is InChI=1S/C15H26N2/c1-8-13(5)14(16-10-12(3)4)17-11-15(6,7)9-2/h8,10-11H,9H2,1-7H3. The quantitative estimate of drug-likeness (QED) is 0.494. The van der Waals surface area contributed by atoms with Crippen LogP contribution in [0.1, 0.15) is 54.9 Å². The van der Waals surface area contributed by atoms with Gasteiger partial charge < -0.3 is 0 Å². The molecular weight excluding hydrogens is 208 g/mol. The smallest absolute Gasteiger partial charge is 0.154 e. The van der Waals surface area contributed by atoms with Crippen LogP contribution in [0.15, 0.2) is 33.4 Å². The lowest BCUT2D eigenvalue weighted by Gasteiger charge is -2.15. The van der Waals surface area contributed by atoms with Crippen LogP contribution in [0.5, 0.6) is 0 Å². The molecule has 0 saturated heterocycles. The largest absolute Gasteiger partial charge is 0.241 e. The van der Waals surface area contributed by atoms with Gasteiger partial charge in [-0.25, -0.2) is 9.98 Å². The Kier molecular flexibility index (Phi) is 6.71. The van der Waals surface area contributed by atoms with Crippen molar-refractivity contribution in [2.45, 2.75) is 54.9 Å². The van der Waals surface area contributed by atoms with E-state index in [-0.39, 0.29) is 5.41 Å². The number of aliphatic imine (C=N–C) groups is 2. The van der Waals surface area contributed by atoms with Crippen molar-refractivity contribution in [1.82, 2.24) is 0 Å². The van der Waals surface area contributed by atoms with E-state index in [1.807, 2.05) is 46.2 Å². The Labute approximate surface area is 106 Å². The van der Waals surface area contributed by atoms with Gasteiger partial charge in [-0.1, -0.05) is 32.4 Å². The average Bonchev–Trinajstić information content (AvgIpc) is 2.27. The Bertz CT molecular complexity index is 351. The van der Waals surface area contributed by atoms with E-state index in [0.717, 1.165) is 17.8 Å². The van der Waals surface area contributed by atoms with Crippen molar-refractivity contribution >= 4 is 12.1 Å². The second-order valence-corrected chi connectivity index (χ2v) is 5.23. The predicted octanol–water partition coefficient (Wildman–Crippen LogP) is 4.78. The van der Waals surface area contributed by atoms with Gasteiger partial charge in [0.1, 0.15) is 0 Å². The lowest BCUT2D eigenvalue weighted by atomic mass is 9.92. The van der Waals surface area contributed by atoms with Crippen LogP contribution in [0.25, 0.3) is 0 Å². The molecule has 0 radical (unpaired) electrons. The molecule has 17 heavy (non-hydrogen) atoms. The molecule has 0 aromatic carbocycles. The number of amidine groups is 1. The molecule has 96 valence electrons. The van der Waals surface area contributed by atoms with Gasteiger partial charge in [-0.3, -0.25) is 0 Å². The maximum absolute atomic E-state index is 4.52. The molecule has 0 aliphatic carbocycles. The highest BCUT2D eigenvalue weighted by Crippen LogP contribution is 2.16. The fraction of sp³-hybridized carbons (Fsp3) is 0.600. The number of rotatable bonds is 4. The normalized spacial score (nSPS) is 14.3. The maximum atomic E-state index is 4.52. The van der Waals surface area contributed by atoms with Crippen LogP contribution in [0.4, 0.5) is 0 Å². The van der Waals surface area contributed by atoms with E-state index in [2.05, 4.69) is 30.8 Å². The van der Waals surface area contributed by atoms with Crippen LogP contribution in [0.3, 0.4) is 0 Å². The Morgan fingerprint density at radius 2 is 1.76 bits per heavy atom. The zero-order chi connectivity index (χ0) is 13.5. The molecule has 0 amide bonds. The monoisotopic (exact) mass is 234 g/mol. The third kappa shape index (κ3) is 6.88. The maximum Gasteiger partial charge on any atom is 0.154 e. The molecule has 0 unspecified atom stereocenters. The summed E-state index contributed by atoms with van der Waals surface area (Å²) in [6.07, 6.45) is 6.96. The van der Waals surface area contributed by atoms with Crippen molar-refractivity contribution in [1.29, 1.82) is 0 Å². The summed E-state index contributed by atoms with van der Waals surface area (Å²) in [6, 6.07) is 0. The van der Waals surface area contributed by atoms with Crippen molar-refractivity contribution in [2.75, 3.05) is 0 Å². The Morgan fingerprint density at radius 1 is 1.18 bits per heavy atom. The number of hydrogen-bond acceptors (Lipinski definition) is 1. The third-order valence-electron chi connectivity index (χ3n) is 2.68. The SMILES string of the molecule is CC=C(C)C(N=CC(C)(C)CC)=NC=C(C)C. The molecule has 0 N–H and O–H groups in total. The molecule has 0 heterocycles.